The number of rotatable bonds is 8. The SMILES string of the molecule is CC(=O)N[C@@H]1[C@@H](O[C@@H]2O[C@H](CO)[C@H](O[C@H]3O[C@H](CO)[C@H](O)[C@H](O)[C@H]3O)[C@H](O)[C@H]2O)[C@@H](O)[C@@H](CO)O[C@H]1O. The highest BCUT2D eigenvalue weighted by Gasteiger charge is 2.53. The molecule has 0 aromatic carbocycles. The van der Waals surface area contributed by atoms with Gasteiger partial charge < -0.3 is 80.1 Å². The molecular weight excluding hydrogens is 510 g/mol. The molecule has 216 valence electrons. The van der Waals surface area contributed by atoms with Gasteiger partial charge in [-0.05, 0) is 0 Å². The lowest BCUT2D eigenvalue weighted by molar-refractivity contribution is -0.372. The third-order valence-electron chi connectivity index (χ3n) is 6.49. The van der Waals surface area contributed by atoms with Crippen molar-refractivity contribution in [2.24, 2.45) is 0 Å². The van der Waals surface area contributed by atoms with Crippen molar-refractivity contribution in [1.29, 1.82) is 0 Å². The standard InChI is InChI=1S/C20H35NO16/c1-5(25)21-9-17(11(27)7(3-23)33-18(9)32)37-20-15(31)13(29)16(8(4-24)35-20)36-19-14(30)12(28)10(26)6(2-22)34-19/h6-20,22-24,26-32H,2-4H2,1H3,(H,21,25)/t6-,7-,8-,9-,10+,11+,12+,13-,14-,15-,16+,17-,18-,19-,20+/m1/s1. The lowest BCUT2D eigenvalue weighted by atomic mass is 9.95. The molecule has 0 aromatic heterocycles. The second-order valence-corrected chi connectivity index (χ2v) is 9.07. The lowest BCUT2D eigenvalue weighted by Crippen LogP contribution is -2.68. The number of aliphatic hydroxyl groups is 10. The zero-order valence-corrected chi connectivity index (χ0v) is 19.7. The molecule has 0 bridgehead atoms. The van der Waals surface area contributed by atoms with E-state index in [1.807, 2.05) is 0 Å². The summed E-state index contributed by atoms with van der Waals surface area (Å²) in [5.74, 6) is -0.637. The zero-order chi connectivity index (χ0) is 27.6. The maximum absolute atomic E-state index is 11.6. The predicted molar refractivity (Wildman–Crippen MR) is 113 cm³/mol. The average Bonchev–Trinajstić information content (AvgIpc) is 2.87. The Morgan fingerprint density at radius 2 is 1.14 bits per heavy atom. The molecule has 0 saturated carbocycles. The van der Waals surface area contributed by atoms with E-state index in [1.54, 1.807) is 0 Å². The highest BCUT2D eigenvalue weighted by molar-refractivity contribution is 5.73. The third-order valence-corrected chi connectivity index (χ3v) is 6.49. The Hall–Kier alpha value is -1.13. The molecule has 0 unspecified atom stereocenters. The second kappa shape index (κ2) is 12.8. The fraction of sp³-hybridized carbons (Fsp3) is 0.950. The summed E-state index contributed by atoms with van der Waals surface area (Å²) in [5, 5.41) is 103. The smallest absolute Gasteiger partial charge is 0.217 e. The minimum atomic E-state index is -1.93. The molecule has 17 nitrogen and oxygen atoms in total. The number of carbonyl (C=O) groups is 1. The number of carbonyl (C=O) groups excluding carboxylic acids is 1. The van der Waals surface area contributed by atoms with Crippen LogP contribution in [0.25, 0.3) is 0 Å². The van der Waals surface area contributed by atoms with Crippen LogP contribution in [0, 0.1) is 0 Å². The van der Waals surface area contributed by atoms with Crippen molar-refractivity contribution >= 4 is 5.91 Å². The molecule has 3 rings (SSSR count). The van der Waals surface area contributed by atoms with E-state index in [1.165, 1.54) is 0 Å². The number of amides is 1. The lowest BCUT2D eigenvalue weighted by Gasteiger charge is -2.48. The summed E-state index contributed by atoms with van der Waals surface area (Å²) in [6, 6.07) is -1.39. The van der Waals surface area contributed by atoms with Gasteiger partial charge in [0.05, 0.1) is 19.8 Å². The van der Waals surface area contributed by atoms with E-state index in [4.69, 9.17) is 23.7 Å². The molecular formula is C20H35NO16. The minimum absolute atomic E-state index is 0.637. The Labute approximate surface area is 210 Å². The molecule has 3 aliphatic heterocycles. The predicted octanol–water partition coefficient (Wildman–Crippen LogP) is -7.43. The van der Waals surface area contributed by atoms with Gasteiger partial charge >= 0.3 is 0 Å². The van der Waals surface area contributed by atoms with Crippen LogP contribution in [0.1, 0.15) is 6.92 Å². The fourth-order valence-corrected chi connectivity index (χ4v) is 4.46. The van der Waals surface area contributed by atoms with Crippen molar-refractivity contribution in [1.82, 2.24) is 5.32 Å². The molecule has 3 fully saturated rings. The molecule has 0 aliphatic carbocycles. The van der Waals surface area contributed by atoms with Crippen LogP contribution < -0.4 is 5.32 Å². The largest absolute Gasteiger partial charge is 0.394 e. The van der Waals surface area contributed by atoms with Crippen LogP contribution in [0.15, 0.2) is 0 Å². The summed E-state index contributed by atoms with van der Waals surface area (Å²) in [5.41, 5.74) is 0. The van der Waals surface area contributed by atoms with Crippen LogP contribution in [-0.2, 0) is 28.5 Å². The summed E-state index contributed by atoms with van der Waals surface area (Å²) in [6.07, 6.45) is -23.3. The summed E-state index contributed by atoms with van der Waals surface area (Å²) >= 11 is 0. The van der Waals surface area contributed by atoms with E-state index in [9.17, 15) is 55.9 Å². The van der Waals surface area contributed by atoms with Crippen molar-refractivity contribution in [3.63, 3.8) is 0 Å². The topological polar surface area (TPSA) is 278 Å². The van der Waals surface area contributed by atoms with E-state index in [2.05, 4.69) is 5.32 Å². The molecule has 37 heavy (non-hydrogen) atoms. The van der Waals surface area contributed by atoms with Crippen molar-refractivity contribution in [3.8, 4) is 0 Å². The van der Waals surface area contributed by atoms with Crippen LogP contribution in [0.4, 0.5) is 0 Å². The molecule has 0 radical (unpaired) electrons. The maximum atomic E-state index is 11.6. The summed E-state index contributed by atoms with van der Waals surface area (Å²) in [4.78, 5) is 11.6. The van der Waals surface area contributed by atoms with Gasteiger partial charge in [0, 0.05) is 6.92 Å². The van der Waals surface area contributed by atoms with E-state index in [0.717, 1.165) is 6.92 Å². The first-order valence-electron chi connectivity index (χ1n) is 11.6. The van der Waals surface area contributed by atoms with E-state index >= 15 is 0 Å². The van der Waals surface area contributed by atoms with Gasteiger partial charge in [-0.2, -0.15) is 0 Å². The first kappa shape index (κ1) is 30.4. The van der Waals surface area contributed by atoms with Gasteiger partial charge in [0.1, 0.15) is 73.2 Å². The zero-order valence-electron chi connectivity index (χ0n) is 19.7. The Morgan fingerprint density at radius 3 is 1.68 bits per heavy atom. The average molecular weight is 545 g/mol. The molecule has 0 aromatic rings. The highest BCUT2D eigenvalue weighted by atomic mass is 16.7. The Balaban J connectivity index is 1.76. The van der Waals surface area contributed by atoms with E-state index in [-0.39, 0.29) is 0 Å². The van der Waals surface area contributed by atoms with Gasteiger partial charge in [-0.1, -0.05) is 0 Å². The van der Waals surface area contributed by atoms with Gasteiger partial charge in [-0.3, -0.25) is 4.79 Å². The Kier molecular flexibility index (Phi) is 10.5. The quantitative estimate of drug-likeness (QED) is 0.135. The maximum Gasteiger partial charge on any atom is 0.217 e. The Bertz CT molecular complexity index is 743. The Morgan fingerprint density at radius 1 is 0.649 bits per heavy atom. The minimum Gasteiger partial charge on any atom is -0.394 e. The van der Waals surface area contributed by atoms with Crippen molar-refractivity contribution in [3.05, 3.63) is 0 Å². The van der Waals surface area contributed by atoms with Crippen molar-refractivity contribution in [2.75, 3.05) is 19.8 Å². The van der Waals surface area contributed by atoms with Gasteiger partial charge in [0.15, 0.2) is 18.9 Å². The van der Waals surface area contributed by atoms with Crippen LogP contribution in [0.3, 0.4) is 0 Å². The van der Waals surface area contributed by atoms with Gasteiger partial charge in [-0.25, -0.2) is 0 Å². The van der Waals surface area contributed by atoms with Crippen molar-refractivity contribution in [2.45, 2.75) is 99.0 Å². The fourth-order valence-electron chi connectivity index (χ4n) is 4.46. The molecule has 1 amide bonds. The van der Waals surface area contributed by atoms with Crippen LogP contribution >= 0.6 is 0 Å². The second-order valence-electron chi connectivity index (χ2n) is 9.07. The van der Waals surface area contributed by atoms with Gasteiger partial charge in [0.25, 0.3) is 0 Å². The number of hydrogen-bond donors (Lipinski definition) is 11. The number of aliphatic hydroxyl groups excluding tert-OH is 10. The molecule has 11 N–H and O–H groups in total. The third kappa shape index (κ3) is 6.38. The molecule has 17 heteroatoms. The first-order chi connectivity index (χ1) is 17.4. The molecule has 3 aliphatic rings. The van der Waals surface area contributed by atoms with Gasteiger partial charge in [-0.15, -0.1) is 0 Å². The van der Waals surface area contributed by atoms with E-state index < -0.39 is 118 Å². The number of hydrogen-bond acceptors (Lipinski definition) is 16. The molecule has 3 heterocycles. The van der Waals surface area contributed by atoms with E-state index in [0.29, 0.717) is 0 Å². The molecule has 15 atom stereocenters. The van der Waals surface area contributed by atoms with Crippen LogP contribution in [0.2, 0.25) is 0 Å². The summed E-state index contributed by atoms with van der Waals surface area (Å²) in [7, 11) is 0. The molecule has 0 spiro atoms. The normalized spacial score (nSPS) is 49.0. The highest BCUT2D eigenvalue weighted by Crippen LogP contribution is 2.32. The number of ether oxygens (including phenoxy) is 5. The number of nitrogens with one attached hydrogen (secondary N) is 1. The van der Waals surface area contributed by atoms with Crippen molar-refractivity contribution < 1.29 is 79.5 Å². The van der Waals surface area contributed by atoms with Crippen LogP contribution in [-0.4, -0.2) is 169 Å². The van der Waals surface area contributed by atoms with Crippen LogP contribution in [0.5, 0.6) is 0 Å². The monoisotopic (exact) mass is 545 g/mol. The molecule has 3 saturated heterocycles. The first-order valence-corrected chi connectivity index (χ1v) is 11.6. The summed E-state index contributed by atoms with van der Waals surface area (Å²) in [6.45, 7) is -1.21. The van der Waals surface area contributed by atoms with Gasteiger partial charge in [0.2, 0.25) is 5.91 Å². The summed E-state index contributed by atoms with van der Waals surface area (Å²) < 4.78 is 26.9.